The lowest BCUT2D eigenvalue weighted by Crippen LogP contribution is -2.35. The summed E-state index contributed by atoms with van der Waals surface area (Å²) in [7, 11) is -1.61. The molecule has 0 aliphatic carbocycles. The summed E-state index contributed by atoms with van der Waals surface area (Å²) < 4.78 is 33.0. The Kier molecular flexibility index (Phi) is 7.17. The van der Waals surface area contributed by atoms with Crippen molar-refractivity contribution in [2.45, 2.75) is 25.3 Å². The summed E-state index contributed by atoms with van der Waals surface area (Å²) in [6.45, 7) is 1.72. The molecule has 28 heavy (non-hydrogen) atoms. The Bertz CT molecular complexity index is 937. The van der Waals surface area contributed by atoms with E-state index < -0.39 is 27.8 Å². The minimum atomic E-state index is -3.15. The van der Waals surface area contributed by atoms with E-state index in [1.807, 2.05) is 18.2 Å². The van der Waals surface area contributed by atoms with Gasteiger partial charge in [0.25, 0.3) is 5.91 Å². The topological polar surface area (TPSA) is 98.8 Å². The van der Waals surface area contributed by atoms with Crippen LogP contribution in [0.3, 0.4) is 0 Å². The summed E-state index contributed by atoms with van der Waals surface area (Å²) >= 11 is 0. The first kappa shape index (κ1) is 21.4. The molecule has 1 atom stereocenters. The highest BCUT2D eigenvalue weighted by Crippen LogP contribution is 2.17. The van der Waals surface area contributed by atoms with Crippen LogP contribution in [-0.2, 0) is 31.7 Å². The van der Waals surface area contributed by atoms with Gasteiger partial charge < -0.3 is 14.8 Å². The Morgan fingerprint density at radius 1 is 1.07 bits per heavy atom. The normalized spacial score (nSPS) is 12.1. The van der Waals surface area contributed by atoms with Crippen LogP contribution in [-0.4, -0.2) is 39.8 Å². The van der Waals surface area contributed by atoms with Crippen LogP contribution in [0, 0.1) is 0 Å². The molecular formula is C20H23NO6S. The molecule has 1 N–H and O–H groups in total. The zero-order valence-electron chi connectivity index (χ0n) is 16.0. The number of amides is 1. The van der Waals surface area contributed by atoms with Crippen molar-refractivity contribution in [1.82, 2.24) is 5.32 Å². The fraction of sp³-hybridized carbons (Fsp3) is 0.300. The summed E-state index contributed by atoms with van der Waals surface area (Å²) in [5.41, 5.74) is 1.61. The summed E-state index contributed by atoms with van der Waals surface area (Å²) in [6, 6.07) is 13.3. The number of benzene rings is 2. The van der Waals surface area contributed by atoms with Crippen LogP contribution < -0.4 is 10.1 Å². The molecule has 0 aliphatic heterocycles. The van der Waals surface area contributed by atoms with Gasteiger partial charge in [-0.2, -0.15) is 0 Å². The largest absolute Gasteiger partial charge is 0.496 e. The predicted molar refractivity (Wildman–Crippen MR) is 105 cm³/mol. The molecule has 2 aromatic carbocycles. The molecule has 0 spiro atoms. The molecule has 0 fully saturated rings. The number of nitrogens with one attached hydrogen (secondary N) is 1. The first-order valence-electron chi connectivity index (χ1n) is 8.57. The molecule has 0 unspecified atom stereocenters. The third kappa shape index (κ3) is 6.38. The smallest absolute Gasteiger partial charge is 0.338 e. The van der Waals surface area contributed by atoms with Gasteiger partial charge in [-0.1, -0.05) is 30.3 Å². The minimum Gasteiger partial charge on any atom is -0.496 e. The average Bonchev–Trinajstić information content (AvgIpc) is 2.65. The molecule has 150 valence electrons. The van der Waals surface area contributed by atoms with Crippen molar-refractivity contribution in [3.8, 4) is 5.75 Å². The molecule has 0 saturated heterocycles. The highest BCUT2D eigenvalue weighted by Gasteiger charge is 2.19. The predicted octanol–water partition coefficient (Wildman–Crippen LogP) is 2.10. The first-order chi connectivity index (χ1) is 13.2. The van der Waals surface area contributed by atoms with Crippen molar-refractivity contribution in [2.75, 3.05) is 13.4 Å². The highest BCUT2D eigenvalue weighted by molar-refractivity contribution is 7.89. The quantitative estimate of drug-likeness (QED) is 0.676. The first-order valence-corrected chi connectivity index (χ1v) is 10.6. The maximum atomic E-state index is 12.2. The fourth-order valence-electron chi connectivity index (χ4n) is 2.50. The lowest BCUT2D eigenvalue weighted by Gasteiger charge is -2.14. The SMILES string of the molecule is COc1ccccc1CNC(=O)[C@H](C)OC(=O)c1ccc(CS(C)(=O)=O)cc1. The molecule has 0 aromatic heterocycles. The van der Waals surface area contributed by atoms with Gasteiger partial charge in [0.2, 0.25) is 0 Å². The van der Waals surface area contributed by atoms with Crippen LogP contribution in [0.15, 0.2) is 48.5 Å². The second kappa shape index (κ2) is 9.36. The standard InChI is InChI=1S/C20H23NO6S/c1-14(19(22)21-12-17-6-4-5-7-18(17)26-2)27-20(23)16-10-8-15(9-11-16)13-28(3,24)25/h4-11,14H,12-13H2,1-3H3,(H,21,22)/t14-/m0/s1. The van der Waals surface area contributed by atoms with Gasteiger partial charge in [-0.15, -0.1) is 0 Å². The van der Waals surface area contributed by atoms with Gasteiger partial charge in [-0.25, -0.2) is 13.2 Å². The van der Waals surface area contributed by atoms with E-state index in [1.165, 1.54) is 19.1 Å². The number of sulfone groups is 1. The zero-order valence-corrected chi connectivity index (χ0v) is 16.8. The Morgan fingerprint density at radius 3 is 2.32 bits per heavy atom. The van der Waals surface area contributed by atoms with E-state index in [4.69, 9.17) is 9.47 Å². The van der Waals surface area contributed by atoms with Crippen LogP contribution >= 0.6 is 0 Å². The van der Waals surface area contributed by atoms with Gasteiger partial charge in [0.15, 0.2) is 15.9 Å². The molecule has 8 heteroatoms. The molecular weight excluding hydrogens is 382 g/mol. The molecule has 2 rings (SSSR count). The molecule has 1 amide bonds. The summed E-state index contributed by atoms with van der Waals surface area (Å²) in [6.07, 6.45) is 0.151. The minimum absolute atomic E-state index is 0.107. The van der Waals surface area contributed by atoms with Crippen LogP contribution in [0.2, 0.25) is 0 Å². The van der Waals surface area contributed by atoms with E-state index in [9.17, 15) is 18.0 Å². The fourth-order valence-corrected chi connectivity index (χ4v) is 3.29. The summed E-state index contributed by atoms with van der Waals surface area (Å²) in [5.74, 6) is -0.551. The summed E-state index contributed by atoms with van der Waals surface area (Å²) in [5, 5.41) is 2.70. The average molecular weight is 405 g/mol. The van der Waals surface area contributed by atoms with Crippen molar-refractivity contribution >= 4 is 21.7 Å². The van der Waals surface area contributed by atoms with Crippen LogP contribution in [0.5, 0.6) is 5.75 Å². The third-order valence-electron chi connectivity index (χ3n) is 3.92. The van der Waals surface area contributed by atoms with Gasteiger partial charge in [-0.05, 0) is 30.7 Å². The van der Waals surface area contributed by atoms with E-state index in [0.717, 1.165) is 11.8 Å². The molecule has 0 aliphatic rings. The van der Waals surface area contributed by atoms with E-state index in [0.29, 0.717) is 11.3 Å². The van der Waals surface area contributed by atoms with Crippen molar-refractivity contribution in [3.63, 3.8) is 0 Å². The van der Waals surface area contributed by atoms with Gasteiger partial charge in [0, 0.05) is 18.4 Å². The van der Waals surface area contributed by atoms with Crippen molar-refractivity contribution < 1.29 is 27.5 Å². The number of carbonyl (C=O) groups is 2. The lowest BCUT2D eigenvalue weighted by molar-refractivity contribution is -0.129. The molecule has 0 saturated carbocycles. The monoisotopic (exact) mass is 405 g/mol. The third-order valence-corrected chi connectivity index (χ3v) is 4.77. The highest BCUT2D eigenvalue weighted by atomic mass is 32.2. The number of methoxy groups -OCH3 is 1. The Morgan fingerprint density at radius 2 is 1.71 bits per heavy atom. The molecule has 0 radical (unpaired) electrons. The van der Waals surface area contributed by atoms with Crippen LogP contribution in [0.25, 0.3) is 0 Å². The number of ether oxygens (including phenoxy) is 2. The molecule has 0 bridgehead atoms. The van der Waals surface area contributed by atoms with Crippen molar-refractivity contribution in [2.24, 2.45) is 0 Å². The molecule has 2 aromatic rings. The Balaban J connectivity index is 1.91. The number of hydrogen-bond donors (Lipinski definition) is 1. The maximum Gasteiger partial charge on any atom is 0.338 e. The number of para-hydroxylation sites is 1. The van der Waals surface area contributed by atoms with Crippen LogP contribution in [0.1, 0.15) is 28.4 Å². The zero-order chi connectivity index (χ0) is 20.7. The second-order valence-corrected chi connectivity index (χ2v) is 8.48. The Hall–Kier alpha value is -2.87. The number of rotatable bonds is 8. The lowest BCUT2D eigenvalue weighted by atomic mass is 10.1. The van der Waals surface area contributed by atoms with Crippen molar-refractivity contribution in [1.29, 1.82) is 0 Å². The van der Waals surface area contributed by atoms with E-state index in [2.05, 4.69) is 5.32 Å². The van der Waals surface area contributed by atoms with E-state index >= 15 is 0 Å². The maximum absolute atomic E-state index is 12.2. The van der Waals surface area contributed by atoms with E-state index in [-0.39, 0.29) is 17.9 Å². The van der Waals surface area contributed by atoms with Gasteiger partial charge in [0.05, 0.1) is 18.4 Å². The van der Waals surface area contributed by atoms with Crippen molar-refractivity contribution in [3.05, 3.63) is 65.2 Å². The Labute approximate surface area is 164 Å². The van der Waals surface area contributed by atoms with Crippen LogP contribution in [0.4, 0.5) is 0 Å². The number of esters is 1. The van der Waals surface area contributed by atoms with Gasteiger partial charge >= 0.3 is 5.97 Å². The number of carbonyl (C=O) groups excluding carboxylic acids is 2. The summed E-state index contributed by atoms with van der Waals surface area (Å²) in [4.78, 5) is 24.4. The second-order valence-electron chi connectivity index (χ2n) is 6.34. The molecule has 7 nitrogen and oxygen atoms in total. The molecule has 0 heterocycles. The number of hydrogen-bond acceptors (Lipinski definition) is 6. The van der Waals surface area contributed by atoms with E-state index in [1.54, 1.807) is 25.3 Å². The van der Waals surface area contributed by atoms with Gasteiger partial charge in [0.1, 0.15) is 5.75 Å². The van der Waals surface area contributed by atoms with Gasteiger partial charge in [-0.3, -0.25) is 4.79 Å².